The number of aromatic nitrogens is 2. The SMILES string of the molecule is CCc1nc(-c2ccc(Cl)c(Br)c2)nc2c1CNC2. The molecular formula is C14H13BrClN3. The summed E-state index contributed by atoms with van der Waals surface area (Å²) in [6.45, 7) is 3.83. The van der Waals surface area contributed by atoms with E-state index in [0.29, 0.717) is 5.02 Å². The molecule has 0 spiro atoms. The summed E-state index contributed by atoms with van der Waals surface area (Å²) in [5, 5.41) is 4.03. The maximum atomic E-state index is 6.02. The van der Waals surface area contributed by atoms with Crippen LogP contribution in [0.15, 0.2) is 22.7 Å². The van der Waals surface area contributed by atoms with Gasteiger partial charge in [0.1, 0.15) is 0 Å². The fourth-order valence-electron chi connectivity index (χ4n) is 2.30. The minimum absolute atomic E-state index is 0.697. The Morgan fingerprint density at radius 1 is 1.32 bits per heavy atom. The van der Waals surface area contributed by atoms with E-state index in [-0.39, 0.29) is 0 Å². The van der Waals surface area contributed by atoms with E-state index >= 15 is 0 Å². The van der Waals surface area contributed by atoms with Crippen molar-refractivity contribution < 1.29 is 0 Å². The molecule has 0 saturated carbocycles. The topological polar surface area (TPSA) is 37.8 Å². The number of hydrogen-bond donors (Lipinski definition) is 1. The van der Waals surface area contributed by atoms with Crippen molar-refractivity contribution in [3.63, 3.8) is 0 Å². The summed E-state index contributed by atoms with van der Waals surface area (Å²) in [6, 6.07) is 5.78. The van der Waals surface area contributed by atoms with Crippen LogP contribution in [-0.4, -0.2) is 9.97 Å². The molecule has 1 aromatic carbocycles. The maximum Gasteiger partial charge on any atom is 0.159 e. The van der Waals surface area contributed by atoms with Crippen LogP contribution in [0.2, 0.25) is 5.02 Å². The summed E-state index contributed by atoms with van der Waals surface area (Å²) in [5.74, 6) is 0.775. The summed E-state index contributed by atoms with van der Waals surface area (Å²) in [7, 11) is 0. The van der Waals surface area contributed by atoms with Crippen LogP contribution >= 0.6 is 27.5 Å². The summed E-state index contributed by atoms with van der Waals surface area (Å²) >= 11 is 9.46. The van der Waals surface area contributed by atoms with Gasteiger partial charge in [0.05, 0.1) is 10.7 Å². The van der Waals surface area contributed by atoms with E-state index in [1.54, 1.807) is 0 Å². The summed E-state index contributed by atoms with van der Waals surface area (Å²) in [6.07, 6.45) is 0.925. The number of nitrogens with one attached hydrogen (secondary N) is 1. The van der Waals surface area contributed by atoms with Gasteiger partial charge in [-0.25, -0.2) is 9.97 Å². The van der Waals surface area contributed by atoms with E-state index in [9.17, 15) is 0 Å². The van der Waals surface area contributed by atoms with Gasteiger partial charge in [0.2, 0.25) is 0 Å². The lowest BCUT2D eigenvalue weighted by Gasteiger charge is -2.08. The number of rotatable bonds is 2. The van der Waals surface area contributed by atoms with Crippen LogP contribution in [0, 0.1) is 0 Å². The quantitative estimate of drug-likeness (QED) is 0.907. The van der Waals surface area contributed by atoms with Crippen molar-refractivity contribution in [1.82, 2.24) is 15.3 Å². The van der Waals surface area contributed by atoms with Crippen LogP contribution in [0.5, 0.6) is 0 Å². The van der Waals surface area contributed by atoms with Crippen molar-refractivity contribution in [2.45, 2.75) is 26.4 Å². The molecular weight excluding hydrogens is 326 g/mol. The minimum atomic E-state index is 0.697. The molecule has 0 bridgehead atoms. The fraction of sp³-hybridized carbons (Fsp3) is 0.286. The largest absolute Gasteiger partial charge is 0.307 e. The molecule has 2 heterocycles. The van der Waals surface area contributed by atoms with Gasteiger partial charge in [0, 0.05) is 34.4 Å². The Labute approximate surface area is 125 Å². The Bertz CT molecular complexity index is 643. The number of nitrogens with zero attached hydrogens (tertiary/aromatic N) is 2. The zero-order valence-electron chi connectivity index (χ0n) is 10.5. The monoisotopic (exact) mass is 337 g/mol. The van der Waals surface area contributed by atoms with Crippen LogP contribution in [0.3, 0.4) is 0 Å². The van der Waals surface area contributed by atoms with E-state index < -0.39 is 0 Å². The molecule has 2 aromatic rings. The molecule has 1 N–H and O–H groups in total. The Hall–Kier alpha value is -0.970. The lowest BCUT2D eigenvalue weighted by Crippen LogP contribution is -2.02. The molecule has 0 unspecified atom stereocenters. The van der Waals surface area contributed by atoms with Gasteiger partial charge in [-0.05, 0) is 40.5 Å². The summed E-state index contributed by atoms with van der Waals surface area (Å²) in [5.41, 5.74) is 4.50. The average molecular weight is 339 g/mol. The van der Waals surface area contributed by atoms with Crippen LogP contribution in [0.25, 0.3) is 11.4 Å². The van der Waals surface area contributed by atoms with Crippen molar-refractivity contribution >= 4 is 27.5 Å². The first kappa shape index (κ1) is 13.0. The third kappa shape index (κ3) is 2.40. The zero-order valence-corrected chi connectivity index (χ0v) is 12.8. The molecule has 0 amide bonds. The van der Waals surface area contributed by atoms with Crippen molar-refractivity contribution in [3.8, 4) is 11.4 Å². The number of aryl methyl sites for hydroxylation is 1. The Kier molecular flexibility index (Phi) is 3.56. The predicted molar refractivity (Wildman–Crippen MR) is 80.1 cm³/mol. The highest BCUT2D eigenvalue weighted by Gasteiger charge is 2.18. The van der Waals surface area contributed by atoms with Crippen molar-refractivity contribution in [2.75, 3.05) is 0 Å². The first-order valence-corrected chi connectivity index (χ1v) is 7.41. The van der Waals surface area contributed by atoms with E-state index in [1.807, 2.05) is 18.2 Å². The first-order chi connectivity index (χ1) is 9.19. The second-order valence-corrected chi connectivity index (χ2v) is 5.77. The molecule has 0 atom stereocenters. The van der Waals surface area contributed by atoms with E-state index in [0.717, 1.165) is 46.8 Å². The van der Waals surface area contributed by atoms with Crippen LogP contribution < -0.4 is 5.32 Å². The lowest BCUT2D eigenvalue weighted by molar-refractivity contribution is 0.755. The fourth-order valence-corrected chi connectivity index (χ4v) is 2.79. The molecule has 0 saturated heterocycles. The van der Waals surface area contributed by atoms with Gasteiger partial charge >= 0.3 is 0 Å². The second kappa shape index (κ2) is 5.19. The molecule has 98 valence electrons. The van der Waals surface area contributed by atoms with Gasteiger partial charge in [0.25, 0.3) is 0 Å². The second-order valence-electron chi connectivity index (χ2n) is 4.51. The van der Waals surface area contributed by atoms with Crippen molar-refractivity contribution in [2.24, 2.45) is 0 Å². The van der Waals surface area contributed by atoms with Gasteiger partial charge in [0.15, 0.2) is 5.82 Å². The zero-order chi connectivity index (χ0) is 13.4. The molecule has 19 heavy (non-hydrogen) atoms. The summed E-state index contributed by atoms with van der Waals surface area (Å²) < 4.78 is 0.868. The standard InChI is InChI=1S/C14H13BrClN3/c1-2-12-9-6-17-7-13(9)19-14(18-12)8-3-4-11(16)10(15)5-8/h3-5,17H,2,6-7H2,1H3. The van der Waals surface area contributed by atoms with Crippen molar-refractivity contribution in [3.05, 3.63) is 44.6 Å². The van der Waals surface area contributed by atoms with Crippen molar-refractivity contribution in [1.29, 1.82) is 0 Å². The maximum absolute atomic E-state index is 6.02. The Morgan fingerprint density at radius 2 is 2.16 bits per heavy atom. The van der Waals surface area contributed by atoms with Gasteiger partial charge in [-0.2, -0.15) is 0 Å². The number of halogens is 2. The molecule has 1 aromatic heterocycles. The smallest absolute Gasteiger partial charge is 0.159 e. The highest BCUT2D eigenvalue weighted by Crippen LogP contribution is 2.28. The van der Waals surface area contributed by atoms with Gasteiger partial charge in [-0.15, -0.1) is 0 Å². The molecule has 1 aliphatic heterocycles. The molecule has 1 aliphatic rings. The highest BCUT2D eigenvalue weighted by atomic mass is 79.9. The molecule has 3 rings (SSSR count). The van der Waals surface area contributed by atoms with Crippen LogP contribution in [-0.2, 0) is 19.5 Å². The normalized spacial score (nSPS) is 13.6. The number of benzene rings is 1. The average Bonchev–Trinajstić information content (AvgIpc) is 2.89. The molecule has 3 nitrogen and oxygen atoms in total. The summed E-state index contributed by atoms with van der Waals surface area (Å²) in [4.78, 5) is 9.35. The molecule has 0 aliphatic carbocycles. The van der Waals surface area contributed by atoms with Crippen LogP contribution in [0.1, 0.15) is 23.9 Å². The van der Waals surface area contributed by atoms with E-state index in [2.05, 4.69) is 38.1 Å². The third-order valence-corrected chi connectivity index (χ3v) is 4.50. The lowest BCUT2D eigenvalue weighted by atomic mass is 10.1. The molecule has 5 heteroatoms. The Balaban J connectivity index is 2.12. The number of hydrogen-bond acceptors (Lipinski definition) is 3. The molecule has 0 fully saturated rings. The first-order valence-electron chi connectivity index (χ1n) is 6.24. The van der Waals surface area contributed by atoms with Gasteiger partial charge < -0.3 is 5.32 Å². The molecule has 0 radical (unpaired) electrons. The van der Waals surface area contributed by atoms with E-state index in [4.69, 9.17) is 11.6 Å². The van der Waals surface area contributed by atoms with Gasteiger partial charge in [-0.3, -0.25) is 0 Å². The number of fused-ring (bicyclic) bond motifs is 1. The van der Waals surface area contributed by atoms with E-state index in [1.165, 1.54) is 5.56 Å². The van der Waals surface area contributed by atoms with Gasteiger partial charge in [-0.1, -0.05) is 18.5 Å². The predicted octanol–water partition coefficient (Wildman–Crippen LogP) is 3.73. The highest BCUT2D eigenvalue weighted by molar-refractivity contribution is 9.10. The van der Waals surface area contributed by atoms with Crippen LogP contribution in [0.4, 0.5) is 0 Å². The Morgan fingerprint density at radius 3 is 2.89 bits per heavy atom. The minimum Gasteiger partial charge on any atom is -0.307 e. The third-order valence-electron chi connectivity index (χ3n) is 3.29.